The Kier molecular flexibility index (Phi) is 6.87. The highest BCUT2D eigenvalue weighted by Crippen LogP contribution is 2.30. The van der Waals surface area contributed by atoms with Crippen LogP contribution in [0.1, 0.15) is 51.6 Å². The summed E-state index contributed by atoms with van der Waals surface area (Å²) in [6.07, 6.45) is 3.19. The Bertz CT molecular complexity index is 364. The fourth-order valence-corrected chi connectivity index (χ4v) is 2.68. The van der Waals surface area contributed by atoms with Gasteiger partial charge in [-0.15, -0.1) is 0 Å². The number of nitrogens with one attached hydrogen (secondary N) is 1. The molecule has 0 aliphatic heterocycles. The molecule has 0 heterocycles. The molecule has 102 valence electrons. The first-order chi connectivity index (χ1) is 8.63. The second-order valence-electron chi connectivity index (χ2n) is 4.67. The van der Waals surface area contributed by atoms with Crippen molar-refractivity contribution in [1.29, 1.82) is 0 Å². The molecule has 3 heteroatoms. The van der Waals surface area contributed by atoms with Gasteiger partial charge in [0.05, 0.1) is 0 Å². The normalized spacial score (nSPS) is 13.0. The lowest BCUT2D eigenvalue weighted by molar-refractivity contribution is 0.333. The molecule has 0 amide bonds. The van der Waals surface area contributed by atoms with Crippen molar-refractivity contribution in [1.82, 2.24) is 5.32 Å². The van der Waals surface area contributed by atoms with Crippen molar-refractivity contribution < 1.29 is 4.39 Å². The average molecular weight is 316 g/mol. The molecule has 1 atom stereocenters. The number of benzene rings is 1. The van der Waals surface area contributed by atoms with Crippen molar-refractivity contribution in [2.24, 2.45) is 5.92 Å². The van der Waals surface area contributed by atoms with Crippen LogP contribution in [0.2, 0.25) is 0 Å². The Labute approximate surface area is 118 Å². The maximum absolute atomic E-state index is 14.1. The number of rotatable bonds is 7. The molecule has 0 radical (unpaired) electrons. The Morgan fingerprint density at radius 3 is 2.39 bits per heavy atom. The molecule has 1 N–H and O–H groups in total. The average Bonchev–Trinajstić information content (AvgIpc) is 2.35. The van der Waals surface area contributed by atoms with Crippen molar-refractivity contribution in [2.75, 3.05) is 6.54 Å². The van der Waals surface area contributed by atoms with Crippen molar-refractivity contribution in [3.63, 3.8) is 0 Å². The van der Waals surface area contributed by atoms with Crippen LogP contribution in [0.3, 0.4) is 0 Å². The smallest absolute Gasteiger partial charge is 0.129 e. The Hall–Kier alpha value is -0.410. The van der Waals surface area contributed by atoms with E-state index in [1.807, 2.05) is 12.1 Å². The molecule has 0 aliphatic carbocycles. The predicted octanol–water partition coefficient (Wildman–Crippen LogP) is 5.07. The summed E-state index contributed by atoms with van der Waals surface area (Å²) < 4.78 is 14.9. The van der Waals surface area contributed by atoms with E-state index < -0.39 is 0 Å². The maximum Gasteiger partial charge on any atom is 0.129 e. The second-order valence-corrected chi connectivity index (χ2v) is 5.59. The molecule has 0 saturated carbocycles. The molecular formula is C15H23BrFN. The zero-order valence-corrected chi connectivity index (χ0v) is 13.1. The van der Waals surface area contributed by atoms with Crippen LogP contribution >= 0.6 is 15.9 Å². The lowest BCUT2D eigenvalue weighted by Gasteiger charge is -2.27. The molecule has 1 aromatic carbocycles. The highest BCUT2D eigenvalue weighted by Gasteiger charge is 2.22. The zero-order chi connectivity index (χ0) is 13.5. The third kappa shape index (κ3) is 4.06. The minimum Gasteiger partial charge on any atom is -0.310 e. The van der Waals surface area contributed by atoms with Crippen LogP contribution in [0, 0.1) is 11.7 Å². The van der Waals surface area contributed by atoms with E-state index in [9.17, 15) is 4.39 Å². The summed E-state index contributed by atoms with van der Waals surface area (Å²) in [6, 6.07) is 5.48. The second kappa shape index (κ2) is 7.90. The Balaban J connectivity index is 3.00. The van der Waals surface area contributed by atoms with E-state index in [1.165, 1.54) is 0 Å². The predicted molar refractivity (Wildman–Crippen MR) is 79.2 cm³/mol. The molecule has 0 saturated heterocycles. The van der Waals surface area contributed by atoms with Crippen molar-refractivity contribution in [2.45, 2.75) is 46.1 Å². The highest BCUT2D eigenvalue weighted by molar-refractivity contribution is 9.10. The number of hydrogen-bond donors (Lipinski definition) is 1. The van der Waals surface area contributed by atoms with Crippen LogP contribution in [-0.2, 0) is 0 Å². The minimum atomic E-state index is -0.120. The van der Waals surface area contributed by atoms with E-state index in [4.69, 9.17) is 0 Å². The van der Waals surface area contributed by atoms with Crippen LogP contribution in [0.25, 0.3) is 0 Å². The minimum absolute atomic E-state index is 0.119. The van der Waals surface area contributed by atoms with Crippen LogP contribution in [-0.4, -0.2) is 6.54 Å². The summed E-state index contributed by atoms with van der Waals surface area (Å²) in [4.78, 5) is 0. The van der Waals surface area contributed by atoms with E-state index >= 15 is 0 Å². The van der Waals surface area contributed by atoms with Gasteiger partial charge < -0.3 is 5.32 Å². The maximum atomic E-state index is 14.1. The largest absolute Gasteiger partial charge is 0.310 e. The molecule has 18 heavy (non-hydrogen) atoms. The molecular weight excluding hydrogens is 293 g/mol. The molecule has 0 spiro atoms. The highest BCUT2D eigenvalue weighted by atomic mass is 79.9. The number of halogens is 2. The molecule has 1 aromatic rings. The van der Waals surface area contributed by atoms with E-state index in [0.717, 1.165) is 35.8 Å². The van der Waals surface area contributed by atoms with Crippen LogP contribution in [0.5, 0.6) is 0 Å². The first kappa shape index (κ1) is 15.6. The van der Waals surface area contributed by atoms with Crippen LogP contribution in [0.4, 0.5) is 4.39 Å². The fourth-order valence-electron chi connectivity index (χ4n) is 2.34. The quantitative estimate of drug-likeness (QED) is 0.741. The molecule has 1 nitrogen and oxygen atoms in total. The van der Waals surface area contributed by atoms with Crippen molar-refractivity contribution >= 4 is 15.9 Å². The lowest BCUT2D eigenvalue weighted by atomic mass is 9.88. The summed E-state index contributed by atoms with van der Waals surface area (Å²) in [5.74, 6) is 0.358. The van der Waals surface area contributed by atoms with Gasteiger partial charge in [-0.05, 0) is 31.0 Å². The van der Waals surface area contributed by atoms with Crippen molar-refractivity contribution in [3.05, 3.63) is 34.1 Å². The van der Waals surface area contributed by atoms with Gasteiger partial charge in [-0.1, -0.05) is 55.6 Å². The molecule has 0 bridgehead atoms. The fraction of sp³-hybridized carbons (Fsp3) is 0.600. The summed E-state index contributed by atoms with van der Waals surface area (Å²) in [5, 5.41) is 3.49. The van der Waals surface area contributed by atoms with E-state index in [-0.39, 0.29) is 11.9 Å². The van der Waals surface area contributed by atoms with Gasteiger partial charge in [0, 0.05) is 16.1 Å². The van der Waals surface area contributed by atoms with Gasteiger partial charge in [-0.25, -0.2) is 4.39 Å². The van der Waals surface area contributed by atoms with Crippen molar-refractivity contribution in [3.8, 4) is 0 Å². The summed E-state index contributed by atoms with van der Waals surface area (Å²) >= 11 is 3.31. The van der Waals surface area contributed by atoms with Gasteiger partial charge in [0.15, 0.2) is 0 Å². The van der Waals surface area contributed by atoms with E-state index in [2.05, 4.69) is 42.0 Å². The zero-order valence-electron chi connectivity index (χ0n) is 11.5. The van der Waals surface area contributed by atoms with Gasteiger partial charge in [0.25, 0.3) is 0 Å². The first-order valence-corrected chi connectivity index (χ1v) is 7.61. The van der Waals surface area contributed by atoms with Gasteiger partial charge in [-0.3, -0.25) is 0 Å². The number of hydrogen-bond acceptors (Lipinski definition) is 1. The van der Waals surface area contributed by atoms with Crippen LogP contribution < -0.4 is 5.32 Å². The molecule has 0 fully saturated rings. The monoisotopic (exact) mass is 315 g/mol. The van der Waals surface area contributed by atoms with Gasteiger partial charge in [-0.2, -0.15) is 0 Å². The van der Waals surface area contributed by atoms with E-state index in [0.29, 0.717) is 5.92 Å². The SMILES string of the molecule is CCCNC(c1ccc(Br)cc1F)C(CC)CC. The Morgan fingerprint density at radius 2 is 1.89 bits per heavy atom. The van der Waals surface area contributed by atoms with Crippen LogP contribution in [0.15, 0.2) is 22.7 Å². The standard InChI is InChI=1S/C15H23BrFN/c1-4-9-18-15(11(5-2)6-3)13-8-7-12(16)10-14(13)17/h7-8,10-11,15,18H,4-6,9H2,1-3H3. The topological polar surface area (TPSA) is 12.0 Å². The third-order valence-corrected chi connectivity index (χ3v) is 3.93. The summed E-state index contributed by atoms with van der Waals surface area (Å²) in [7, 11) is 0. The molecule has 0 aromatic heterocycles. The molecule has 0 aliphatic rings. The summed E-state index contributed by atoms with van der Waals surface area (Å²) in [6.45, 7) is 7.41. The summed E-state index contributed by atoms with van der Waals surface area (Å²) in [5.41, 5.74) is 0.792. The van der Waals surface area contributed by atoms with Gasteiger partial charge >= 0.3 is 0 Å². The molecule has 1 rings (SSSR count). The first-order valence-electron chi connectivity index (χ1n) is 6.82. The van der Waals surface area contributed by atoms with Gasteiger partial charge in [0.1, 0.15) is 5.82 Å². The van der Waals surface area contributed by atoms with E-state index in [1.54, 1.807) is 6.07 Å². The molecule has 1 unspecified atom stereocenters. The Morgan fingerprint density at radius 1 is 1.22 bits per heavy atom. The van der Waals surface area contributed by atoms with Gasteiger partial charge in [0.2, 0.25) is 0 Å². The third-order valence-electron chi connectivity index (χ3n) is 3.43. The lowest BCUT2D eigenvalue weighted by Crippen LogP contribution is -2.29.